The number of piperidine rings is 1. The topological polar surface area (TPSA) is 233 Å². The van der Waals surface area contributed by atoms with E-state index in [4.69, 9.17) is 4.74 Å². The highest BCUT2D eigenvalue weighted by atomic mass is 19.1. The summed E-state index contributed by atoms with van der Waals surface area (Å²) in [6.07, 6.45) is -0.840. The lowest BCUT2D eigenvalue weighted by atomic mass is 10.00. The number of halogens is 1. The van der Waals surface area contributed by atoms with Crippen LogP contribution >= 0.6 is 0 Å². The quantitative estimate of drug-likeness (QED) is 0.0651. The molecule has 0 aliphatic carbocycles. The molecule has 3 aliphatic heterocycles. The van der Waals surface area contributed by atoms with Crippen molar-refractivity contribution in [2.75, 3.05) is 32.8 Å². The summed E-state index contributed by atoms with van der Waals surface area (Å²) in [6.45, 7) is 3.19. The molecule has 3 fully saturated rings. The fraction of sp³-hybridized carbons (Fsp3) is 0.400. The lowest BCUT2D eigenvalue weighted by molar-refractivity contribution is -0.177. The molecule has 3 amide bonds. The molecule has 0 radical (unpaired) electrons. The Morgan fingerprint density at radius 2 is 1.68 bits per heavy atom. The average Bonchev–Trinajstić information content (AvgIpc) is 3.29. The highest BCUT2D eigenvalue weighted by Gasteiger charge is 2.53. The van der Waals surface area contributed by atoms with Gasteiger partial charge in [-0.25, -0.2) is 4.39 Å². The Kier molecular flexibility index (Phi) is 8.01. The van der Waals surface area contributed by atoms with E-state index in [1.165, 1.54) is 0 Å². The minimum absolute atomic E-state index is 0.0903. The first-order valence-electron chi connectivity index (χ1n) is 12.4. The number of nitrogens with one attached hydrogen (secondary N) is 2. The van der Waals surface area contributed by atoms with Gasteiger partial charge in [-0.05, 0) is 0 Å². The van der Waals surface area contributed by atoms with Gasteiger partial charge in [0, 0.05) is 44.6 Å². The minimum atomic E-state index is -2.56. The van der Waals surface area contributed by atoms with Gasteiger partial charge in [0.1, 0.15) is 0 Å². The van der Waals surface area contributed by atoms with Crippen LogP contribution in [0.2, 0.25) is 0 Å². The number of aliphatic hydroxyl groups is 4. The van der Waals surface area contributed by atoms with Gasteiger partial charge < -0.3 is 45.8 Å². The number of carbonyl (C=O) groups excluding carboxylic acids is 3. The molecular weight excluding hydrogens is 551 g/mol. The second kappa shape index (κ2) is 11.1. The smallest absolute Gasteiger partial charge is 0.279 e. The summed E-state index contributed by atoms with van der Waals surface area (Å²) in [5.41, 5.74) is -4.73. The number of rotatable bonds is 7. The van der Waals surface area contributed by atoms with Crippen LogP contribution in [0.5, 0.6) is 17.2 Å². The van der Waals surface area contributed by atoms with Gasteiger partial charge in [0.05, 0.1) is 36.5 Å². The zero-order chi connectivity index (χ0) is 30.2. The standard InChI is InChI=1S/C25H29FN4O11/c1-11(31)18(33)16-13(10-30(23(16)38)25(40)3-2-15(32)28-24(25)39)22(37)27-8-12-17(26)19(34)14(21(36)20(12)35)9-29-4-6-41-7-5-29/h27,31,33-37,40H,1-10H2,(H,28,32,39)/b18-16-,22-13-. The molecule has 3 saturated heterocycles. The van der Waals surface area contributed by atoms with Crippen molar-refractivity contribution < 1.29 is 59.3 Å². The molecule has 1 aromatic rings. The molecule has 0 aromatic heterocycles. The second-order valence-corrected chi connectivity index (χ2v) is 9.64. The molecule has 16 heteroatoms. The number of hydrogen-bond acceptors (Lipinski definition) is 13. The Balaban J connectivity index is 1.65. The zero-order valence-electron chi connectivity index (χ0n) is 21.6. The largest absolute Gasteiger partial charge is 0.505 e. The maximum absolute atomic E-state index is 15.1. The maximum atomic E-state index is 15.1. The summed E-state index contributed by atoms with van der Waals surface area (Å²) < 4.78 is 20.3. The molecule has 1 unspecified atom stereocenters. The molecule has 1 atom stereocenters. The molecule has 0 bridgehead atoms. The van der Waals surface area contributed by atoms with Crippen LogP contribution < -0.4 is 10.6 Å². The van der Waals surface area contributed by atoms with Crippen molar-refractivity contribution >= 4 is 17.7 Å². The maximum Gasteiger partial charge on any atom is 0.279 e. The van der Waals surface area contributed by atoms with Crippen LogP contribution in [0.25, 0.3) is 0 Å². The molecule has 222 valence electrons. The number of amides is 3. The highest BCUT2D eigenvalue weighted by Crippen LogP contribution is 2.42. The van der Waals surface area contributed by atoms with E-state index in [1.807, 2.05) is 5.32 Å². The molecule has 4 rings (SSSR count). The molecular formula is C25H29FN4O11. The number of likely N-dealkylation sites (tertiary alicyclic amines) is 1. The summed E-state index contributed by atoms with van der Waals surface area (Å²) in [4.78, 5) is 39.4. The van der Waals surface area contributed by atoms with E-state index < -0.39 is 100 Å². The van der Waals surface area contributed by atoms with Crippen LogP contribution in [0.15, 0.2) is 35.1 Å². The lowest BCUT2D eigenvalue weighted by Gasteiger charge is -2.37. The molecule has 41 heavy (non-hydrogen) atoms. The van der Waals surface area contributed by atoms with Crippen LogP contribution in [-0.2, 0) is 32.2 Å². The van der Waals surface area contributed by atoms with Crippen LogP contribution in [0.3, 0.4) is 0 Å². The first-order chi connectivity index (χ1) is 19.3. The highest BCUT2D eigenvalue weighted by molar-refractivity contribution is 6.08. The average molecular weight is 581 g/mol. The molecule has 3 heterocycles. The number of morpholine rings is 1. The number of nitrogens with zero attached hydrogens (tertiary/aromatic N) is 2. The first kappa shape index (κ1) is 29.4. The van der Waals surface area contributed by atoms with Crippen molar-refractivity contribution in [3.63, 3.8) is 0 Å². The molecule has 15 nitrogen and oxygen atoms in total. The number of imide groups is 1. The number of aliphatic hydroxyl groups excluding tert-OH is 3. The van der Waals surface area contributed by atoms with E-state index in [-0.39, 0.29) is 18.5 Å². The van der Waals surface area contributed by atoms with Gasteiger partial charge >= 0.3 is 0 Å². The van der Waals surface area contributed by atoms with E-state index in [9.17, 15) is 50.1 Å². The Bertz CT molecular complexity index is 1360. The summed E-state index contributed by atoms with van der Waals surface area (Å²) in [6, 6.07) is 0. The molecule has 1 aromatic carbocycles. The van der Waals surface area contributed by atoms with Gasteiger partial charge in [-0.3, -0.25) is 29.5 Å². The van der Waals surface area contributed by atoms with E-state index in [1.54, 1.807) is 4.90 Å². The summed E-state index contributed by atoms with van der Waals surface area (Å²) in [7, 11) is 0. The van der Waals surface area contributed by atoms with E-state index in [0.717, 1.165) is 0 Å². The van der Waals surface area contributed by atoms with Gasteiger partial charge in [0.2, 0.25) is 11.6 Å². The zero-order valence-corrected chi connectivity index (χ0v) is 21.6. The lowest BCUT2D eigenvalue weighted by Crippen LogP contribution is -2.63. The predicted molar refractivity (Wildman–Crippen MR) is 134 cm³/mol. The summed E-state index contributed by atoms with van der Waals surface area (Å²) >= 11 is 0. The molecule has 3 aliphatic rings. The predicted octanol–water partition coefficient (Wildman–Crippen LogP) is -0.515. The number of phenolic OH excluding ortho intramolecular Hbond substituents is 3. The number of ether oxygens (including phenoxy) is 1. The van der Waals surface area contributed by atoms with Gasteiger partial charge in [0.15, 0.2) is 40.5 Å². The van der Waals surface area contributed by atoms with E-state index >= 15 is 4.39 Å². The Labute approximate surface area is 231 Å². The fourth-order valence-electron chi connectivity index (χ4n) is 4.75. The number of hydrogen-bond donors (Lipinski definition) is 9. The fourth-order valence-corrected chi connectivity index (χ4v) is 4.75. The summed E-state index contributed by atoms with van der Waals surface area (Å²) in [5, 5.41) is 77.3. The third-order valence-electron chi connectivity index (χ3n) is 7.11. The molecule has 9 N–H and O–H groups in total. The molecule has 0 saturated carbocycles. The molecule has 0 spiro atoms. The second-order valence-electron chi connectivity index (χ2n) is 9.64. The number of carbonyl (C=O) groups is 3. The van der Waals surface area contributed by atoms with Crippen molar-refractivity contribution in [3.05, 3.63) is 52.1 Å². The van der Waals surface area contributed by atoms with Crippen molar-refractivity contribution in [2.45, 2.75) is 31.7 Å². The third kappa shape index (κ3) is 5.31. The van der Waals surface area contributed by atoms with Crippen LogP contribution in [-0.4, -0.2) is 102 Å². The third-order valence-corrected chi connectivity index (χ3v) is 7.11. The van der Waals surface area contributed by atoms with Gasteiger partial charge in [-0.1, -0.05) is 6.58 Å². The SMILES string of the molecule is C=C(O)/C(O)=C1/C(=O)N(C2(O)CCC(=O)NC2=O)C/C1=C(/O)NCc1c(O)c(O)c(CN2CCOCC2)c(O)c1F. The summed E-state index contributed by atoms with van der Waals surface area (Å²) in [5.74, 6) is -10.1. The minimum Gasteiger partial charge on any atom is -0.505 e. The van der Waals surface area contributed by atoms with Crippen LogP contribution in [0, 0.1) is 5.82 Å². The van der Waals surface area contributed by atoms with Gasteiger partial charge in [-0.15, -0.1) is 0 Å². The Hall–Kier alpha value is -4.54. The number of aromatic hydroxyl groups is 3. The Morgan fingerprint density at radius 1 is 1.05 bits per heavy atom. The van der Waals surface area contributed by atoms with Crippen molar-refractivity contribution in [1.82, 2.24) is 20.4 Å². The van der Waals surface area contributed by atoms with Crippen LogP contribution in [0.4, 0.5) is 4.39 Å². The normalized spacial score (nSPS) is 24.3. The first-order valence-corrected chi connectivity index (χ1v) is 12.4. The number of benzene rings is 1. The monoisotopic (exact) mass is 580 g/mol. The van der Waals surface area contributed by atoms with Gasteiger partial charge in [-0.2, -0.15) is 0 Å². The van der Waals surface area contributed by atoms with Gasteiger partial charge in [0.25, 0.3) is 11.8 Å². The van der Waals surface area contributed by atoms with Crippen molar-refractivity contribution in [2.24, 2.45) is 0 Å². The van der Waals surface area contributed by atoms with E-state index in [0.29, 0.717) is 31.2 Å². The van der Waals surface area contributed by atoms with Crippen LogP contribution in [0.1, 0.15) is 24.0 Å². The van der Waals surface area contributed by atoms with Crippen molar-refractivity contribution in [1.29, 1.82) is 0 Å². The van der Waals surface area contributed by atoms with E-state index in [2.05, 4.69) is 11.9 Å². The number of phenols is 3. The Morgan fingerprint density at radius 3 is 2.29 bits per heavy atom. The van der Waals surface area contributed by atoms with Crippen molar-refractivity contribution in [3.8, 4) is 17.2 Å².